The molecule has 4 nitrogen and oxygen atoms in total. The van der Waals surface area contributed by atoms with E-state index in [0.29, 0.717) is 11.5 Å². The third kappa shape index (κ3) is 2.57. The van der Waals surface area contributed by atoms with E-state index < -0.39 is 0 Å². The monoisotopic (exact) mass is 235 g/mol. The van der Waals surface area contributed by atoms with Crippen molar-refractivity contribution in [3.05, 3.63) is 33.4 Å². The molecule has 92 valence electrons. The molecule has 1 aliphatic carbocycles. The molecule has 2 rings (SSSR count). The second kappa shape index (κ2) is 4.35. The number of hydrogen-bond donors (Lipinski definition) is 0. The fourth-order valence-corrected chi connectivity index (χ4v) is 1.96. The fraction of sp³-hybridized carbons (Fsp3) is 0.538. The van der Waals surface area contributed by atoms with Gasteiger partial charge in [-0.3, -0.25) is 10.1 Å². The molecule has 0 aromatic heterocycles. The Hall–Kier alpha value is -1.58. The number of nitro groups is 1. The standard InChI is InChI=1S/C13H17NO3/c1-8-7-13(17-10(3)11-4-5-11)9(2)6-12(8)14(15)16/h6-7,10-11H,4-5H2,1-3H3. The van der Waals surface area contributed by atoms with Crippen molar-refractivity contribution >= 4 is 5.69 Å². The van der Waals surface area contributed by atoms with Crippen LogP contribution in [-0.2, 0) is 0 Å². The quantitative estimate of drug-likeness (QED) is 0.593. The van der Waals surface area contributed by atoms with E-state index in [2.05, 4.69) is 6.92 Å². The molecule has 0 heterocycles. The van der Waals surface area contributed by atoms with Crippen molar-refractivity contribution in [2.45, 2.75) is 39.7 Å². The van der Waals surface area contributed by atoms with E-state index >= 15 is 0 Å². The molecular formula is C13H17NO3. The van der Waals surface area contributed by atoms with Gasteiger partial charge in [-0.15, -0.1) is 0 Å². The maximum atomic E-state index is 10.8. The van der Waals surface area contributed by atoms with Crippen LogP contribution < -0.4 is 4.74 Å². The third-order valence-corrected chi connectivity index (χ3v) is 3.29. The van der Waals surface area contributed by atoms with Crippen molar-refractivity contribution < 1.29 is 9.66 Å². The van der Waals surface area contributed by atoms with Crippen molar-refractivity contribution in [1.82, 2.24) is 0 Å². The van der Waals surface area contributed by atoms with Gasteiger partial charge in [0.05, 0.1) is 11.0 Å². The Morgan fingerprint density at radius 2 is 2.00 bits per heavy atom. The Kier molecular flexibility index (Phi) is 3.05. The molecule has 0 bridgehead atoms. The summed E-state index contributed by atoms with van der Waals surface area (Å²) in [6.07, 6.45) is 2.66. The van der Waals surface area contributed by atoms with Gasteiger partial charge in [-0.25, -0.2) is 0 Å². The van der Waals surface area contributed by atoms with Crippen molar-refractivity contribution in [3.63, 3.8) is 0 Å². The highest BCUT2D eigenvalue weighted by Crippen LogP contribution is 2.36. The smallest absolute Gasteiger partial charge is 0.272 e. The largest absolute Gasteiger partial charge is 0.490 e. The summed E-state index contributed by atoms with van der Waals surface area (Å²) in [6, 6.07) is 3.36. The highest BCUT2D eigenvalue weighted by atomic mass is 16.6. The highest BCUT2D eigenvalue weighted by Gasteiger charge is 2.30. The molecule has 1 saturated carbocycles. The number of aryl methyl sites for hydroxylation is 2. The molecule has 1 aliphatic rings. The summed E-state index contributed by atoms with van der Waals surface area (Å²) in [5, 5.41) is 10.8. The maximum absolute atomic E-state index is 10.8. The van der Waals surface area contributed by atoms with Gasteiger partial charge in [0.2, 0.25) is 0 Å². The lowest BCUT2D eigenvalue weighted by Crippen LogP contribution is -2.14. The first kappa shape index (κ1) is 11.9. The molecule has 0 N–H and O–H groups in total. The van der Waals surface area contributed by atoms with E-state index in [9.17, 15) is 10.1 Å². The lowest BCUT2D eigenvalue weighted by Gasteiger charge is -2.16. The van der Waals surface area contributed by atoms with Gasteiger partial charge >= 0.3 is 0 Å². The van der Waals surface area contributed by atoms with Crippen LogP contribution in [0.15, 0.2) is 12.1 Å². The molecule has 1 atom stereocenters. The molecule has 1 unspecified atom stereocenters. The third-order valence-electron chi connectivity index (χ3n) is 3.29. The molecule has 4 heteroatoms. The Morgan fingerprint density at radius 1 is 1.35 bits per heavy atom. The van der Waals surface area contributed by atoms with Crippen LogP contribution >= 0.6 is 0 Å². The second-order valence-corrected chi connectivity index (χ2v) is 4.82. The van der Waals surface area contributed by atoms with Gasteiger partial charge in [-0.2, -0.15) is 0 Å². The Morgan fingerprint density at radius 3 is 2.53 bits per heavy atom. The number of hydrogen-bond acceptors (Lipinski definition) is 3. The molecular weight excluding hydrogens is 218 g/mol. The van der Waals surface area contributed by atoms with Gasteiger partial charge in [-0.1, -0.05) is 0 Å². The van der Waals surface area contributed by atoms with E-state index in [1.54, 1.807) is 19.1 Å². The maximum Gasteiger partial charge on any atom is 0.272 e. The summed E-state index contributed by atoms with van der Waals surface area (Å²) in [6.45, 7) is 5.65. The van der Waals surface area contributed by atoms with Crippen LogP contribution in [0.1, 0.15) is 30.9 Å². The number of nitrogens with zero attached hydrogens (tertiary/aromatic N) is 1. The number of nitro benzene ring substituents is 1. The summed E-state index contributed by atoms with van der Waals surface area (Å²) in [5.74, 6) is 1.43. The van der Waals surface area contributed by atoms with Gasteiger partial charge in [0.15, 0.2) is 0 Å². The number of rotatable bonds is 4. The predicted octanol–water partition coefficient (Wildman–Crippen LogP) is 3.39. The molecule has 0 aliphatic heterocycles. The average Bonchev–Trinajstić information content (AvgIpc) is 3.05. The summed E-state index contributed by atoms with van der Waals surface area (Å²) in [5.41, 5.74) is 1.64. The van der Waals surface area contributed by atoms with E-state index in [-0.39, 0.29) is 16.7 Å². The van der Waals surface area contributed by atoms with Crippen LogP contribution in [0.3, 0.4) is 0 Å². The molecule has 0 spiro atoms. The van der Waals surface area contributed by atoms with Crippen LogP contribution in [0.25, 0.3) is 0 Å². The minimum absolute atomic E-state index is 0.161. The minimum Gasteiger partial charge on any atom is -0.490 e. The van der Waals surface area contributed by atoms with Gasteiger partial charge in [0.25, 0.3) is 5.69 Å². The average molecular weight is 235 g/mol. The first-order chi connectivity index (χ1) is 7.99. The van der Waals surface area contributed by atoms with Crippen molar-refractivity contribution in [2.24, 2.45) is 5.92 Å². The van der Waals surface area contributed by atoms with Gasteiger partial charge in [0.1, 0.15) is 5.75 Å². The van der Waals surface area contributed by atoms with Crippen LogP contribution in [0, 0.1) is 29.9 Å². The molecule has 1 fully saturated rings. The first-order valence-electron chi connectivity index (χ1n) is 5.91. The first-order valence-corrected chi connectivity index (χ1v) is 5.91. The van der Waals surface area contributed by atoms with E-state index in [0.717, 1.165) is 11.3 Å². The number of ether oxygens (including phenoxy) is 1. The van der Waals surface area contributed by atoms with Crippen molar-refractivity contribution in [3.8, 4) is 5.75 Å². The molecule has 1 aromatic carbocycles. The lowest BCUT2D eigenvalue weighted by atomic mass is 10.1. The molecule has 1 aromatic rings. The molecule has 17 heavy (non-hydrogen) atoms. The highest BCUT2D eigenvalue weighted by molar-refractivity contribution is 5.49. The Labute approximate surface area is 101 Å². The van der Waals surface area contributed by atoms with Gasteiger partial charge < -0.3 is 4.74 Å². The zero-order valence-electron chi connectivity index (χ0n) is 10.4. The van der Waals surface area contributed by atoms with Gasteiger partial charge in [-0.05, 0) is 51.2 Å². The van der Waals surface area contributed by atoms with Crippen molar-refractivity contribution in [2.75, 3.05) is 0 Å². The Balaban J connectivity index is 2.22. The summed E-state index contributed by atoms with van der Waals surface area (Å²) in [7, 11) is 0. The number of benzene rings is 1. The zero-order chi connectivity index (χ0) is 12.6. The molecule has 0 radical (unpaired) electrons. The topological polar surface area (TPSA) is 52.4 Å². The van der Waals surface area contributed by atoms with E-state index in [4.69, 9.17) is 4.74 Å². The van der Waals surface area contributed by atoms with Crippen LogP contribution in [-0.4, -0.2) is 11.0 Å². The molecule has 0 amide bonds. The SMILES string of the molecule is Cc1cc([N+](=O)[O-])c(C)cc1OC(C)C1CC1. The minimum atomic E-state index is -0.351. The summed E-state index contributed by atoms with van der Waals surface area (Å²) < 4.78 is 5.86. The van der Waals surface area contributed by atoms with E-state index in [1.807, 2.05) is 6.92 Å². The fourth-order valence-electron chi connectivity index (χ4n) is 1.96. The Bertz CT molecular complexity index is 452. The van der Waals surface area contributed by atoms with Crippen LogP contribution in [0.5, 0.6) is 5.75 Å². The van der Waals surface area contributed by atoms with E-state index in [1.165, 1.54) is 12.8 Å². The van der Waals surface area contributed by atoms with Crippen LogP contribution in [0.4, 0.5) is 5.69 Å². The zero-order valence-corrected chi connectivity index (χ0v) is 10.4. The second-order valence-electron chi connectivity index (χ2n) is 4.82. The molecule has 0 saturated heterocycles. The summed E-state index contributed by atoms with van der Waals surface area (Å²) in [4.78, 5) is 10.4. The summed E-state index contributed by atoms with van der Waals surface area (Å²) >= 11 is 0. The normalized spacial score (nSPS) is 16.6. The predicted molar refractivity (Wildman–Crippen MR) is 65.4 cm³/mol. The van der Waals surface area contributed by atoms with Gasteiger partial charge in [0, 0.05) is 11.6 Å². The van der Waals surface area contributed by atoms with Crippen LogP contribution in [0.2, 0.25) is 0 Å². The van der Waals surface area contributed by atoms with Crippen molar-refractivity contribution in [1.29, 1.82) is 0 Å². The lowest BCUT2D eigenvalue weighted by molar-refractivity contribution is -0.385.